The first-order valence-electron chi connectivity index (χ1n) is 5.09. The molecule has 1 atom stereocenters. The minimum Gasteiger partial charge on any atom is -0.465 e. The first-order chi connectivity index (χ1) is 6.72. The van der Waals surface area contributed by atoms with Gasteiger partial charge < -0.3 is 4.74 Å². The van der Waals surface area contributed by atoms with Crippen molar-refractivity contribution in [1.29, 1.82) is 0 Å². The third kappa shape index (κ3) is 7.45. The summed E-state index contributed by atoms with van der Waals surface area (Å²) in [6, 6.07) is 0. The summed E-state index contributed by atoms with van der Waals surface area (Å²) in [5.74, 6) is 0.323. The highest BCUT2D eigenvalue weighted by molar-refractivity contribution is 6.29. The second-order valence-electron chi connectivity index (χ2n) is 3.17. The topological polar surface area (TPSA) is 26.3 Å². The Balaban J connectivity index is 3.44. The third-order valence-electron chi connectivity index (χ3n) is 1.84. The molecule has 0 amide bonds. The smallest absolute Gasteiger partial charge is 0.324 e. The lowest BCUT2D eigenvalue weighted by Gasteiger charge is -2.08. The lowest BCUT2D eigenvalue weighted by Crippen LogP contribution is -2.18. The Labute approximate surface area is 95.9 Å². The molecule has 0 aliphatic carbocycles. The molecule has 0 fully saturated rings. The van der Waals surface area contributed by atoms with Crippen molar-refractivity contribution in [1.82, 2.24) is 0 Å². The molecule has 0 aliphatic rings. The van der Waals surface area contributed by atoms with E-state index in [9.17, 15) is 4.79 Å². The van der Waals surface area contributed by atoms with Crippen molar-refractivity contribution < 1.29 is 9.53 Å². The minimum atomic E-state index is -0.505. The van der Waals surface area contributed by atoms with Crippen LogP contribution in [0.2, 0.25) is 0 Å². The Bertz CT molecular complexity index is 151. The second-order valence-corrected chi connectivity index (χ2v) is 4.08. The monoisotopic (exact) mass is 240 g/mol. The molecule has 0 aromatic rings. The zero-order chi connectivity index (χ0) is 10.8. The lowest BCUT2D eigenvalue weighted by atomic mass is 10.2. The quantitative estimate of drug-likeness (QED) is 0.370. The van der Waals surface area contributed by atoms with Crippen molar-refractivity contribution in [2.24, 2.45) is 0 Å². The van der Waals surface area contributed by atoms with Gasteiger partial charge in [-0.05, 0) is 19.3 Å². The largest absolute Gasteiger partial charge is 0.465 e. The van der Waals surface area contributed by atoms with Gasteiger partial charge in [0.2, 0.25) is 0 Å². The van der Waals surface area contributed by atoms with E-state index in [0.29, 0.717) is 18.9 Å². The fraction of sp³-hybridized carbons (Fsp3) is 0.900. The van der Waals surface area contributed by atoms with Gasteiger partial charge in [-0.1, -0.05) is 19.8 Å². The molecule has 0 radical (unpaired) electrons. The highest BCUT2D eigenvalue weighted by Crippen LogP contribution is 2.10. The molecule has 1 unspecified atom stereocenters. The molecule has 2 nitrogen and oxygen atoms in total. The van der Waals surface area contributed by atoms with Crippen molar-refractivity contribution in [3.05, 3.63) is 0 Å². The fourth-order valence-electron chi connectivity index (χ4n) is 0.943. The summed E-state index contributed by atoms with van der Waals surface area (Å²) in [4.78, 5) is 11.2. The molecule has 0 spiro atoms. The van der Waals surface area contributed by atoms with E-state index in [1.807, 2.05) is 6.92 Å². The Morgan fingerprint density at radius 1 is 1.36 bits per heavy atom. The van der Waals surface area contributed by atoms with Crippen LogP contribution in [0, 0.1) is 0 Å². The van der Waals surface area contributed by atoms with E-state index in [-0.39, 0.29) is 5.97 Å². The van der Waals surface area contributed by atoms with Crippen molar-refractivity contribution in [2.45, 2.75) is 44.4 Å². The summed E-state index contributed by atoms with van der Waals surface area (Å²) in [7, 11) is 0. The fourth-order valence-corrected chi connectivity index (χ4v) is 1.35. The number of rotatable bonds is 8. The molecule has 0 rings (SSSR count). The normalized spacial score (nSPS) is 12.5. The predicted molar refractivity (Wildman–Crippen MR) is 60.1 cm³/mol. The molecular formula is C10H18Cl2O2. The zero-order valence-electron chi connectivity index (χ0n) is 8.60. The first kappa shape index (κ1) is 14.1. The van der Waals surface area contributed by atoms with Crippen molar-refractivity contribution in [3.8, 4) is 0 Å². The molecule has 0 aromatic heterocycles. The van der Waals surface area contributed by atoms with E-state index in [4.69, 9.17) is 27.9 Å². The molecule has 4 heteroatoms. The van der Waals surface area contributed by atoms with Gasteiger partial charge in [0.1, 0.15) is 5.38 Å². The maximum absolute atomic E-state index is 11.2. The van der Waals surface area contributed by atoms with Crippen LogP contribution >= 0.6 is 23.2 Å². The minimum absolute atomic E-state index is 0.297. The van der Waals surface area contributed by atoms with Crippen LogP contribution in [-0.2, 0) is 9.53 Å². The van der Waals surface area contributed by atoms with Crippen molar-refractivity contribution in [2.75, 3.05) is 12.5 Å². The van der Waals surface area contributed by atoms with Gasteiger partial charge in [-0.15, -0.1) is 23.2 Å². The van der Waals surface area contributed by atoms with E-state index in [1.54, 1.807) is 0 Å². The maximum Gasteiger partial charge on any atom is 0.324 e. The van der Waals surface area contributed by atoms with E-state index < -0.39 is 5.38 Å². The number of hydrogen-bond donors (Lipinski definition) is 0. The molecule has 0 aromatic carbocycles. The molecular weight excluding hydrogens is 223 g/mol. The molecule has 0 bridgehead atoms. The summed E-state index contributed by atoms with van der Waals surface area (Å²) in [5, 5.41) is -0.505. The van der Waals surface area contributed by atoms with E-state index >= 15 is 0 Å². The van der Waals surface area contributed by atoms with Gasteiger partial charge in [0.05, 0.1) is 6.61 Å². The highest BCUT2D eigenvalue weighted by Gasteiger charge is 2.15. The van der Waals surface area contributed by atoms with E-state index in [2.05, 4.69) is 0 Å². The number of alkyl halides is 2. The average molecular weight is 241 g/mol. The van der Waals surface area contributed by atoms with Gasteiger partial charge in [0.25, 0.3) is 0 Å². The van der Waals surface area contributed by atoms with Crippen molar-refractivity contribution >= 4 is 29.2 Å². The third-order valence-corrected chi connectivity index (χ3v) is 2.50. The SMILES string of the molecule is CCCCOC(=O)C(Cl)CCCCCl. The number of carbonyl (C=O) groups is 1. The Morgan fingerprint density at radius 3 is 2.64 bits per heavy atom. The Morgan fingerprint density at radius 2 is 2.07 bits per heavy atom. The second kappa shape index (κ2) is 9.60. The standard InChI is InChI=1S/C10H18Cl2O2/c1-2-3-8-14-10(13)9(12)6-4-5-7-11/h9H,2-8H2,1H3. The number of ether oxygens (including phenoxy) is 1. The summed E-state index contributed by atoms with van der Waals surface area (Å²) in [6.45, 7) is 2.53. The number of carbonyl (C=O) groups excluding carboxylic acids is 1. The lowest BCUT2D eigenvalue weighted by molar-refractivity contribution is -0.143. The molecule has 0 heterocycles. The van der Waals surface area contributed by atoms with Crippen LogP contribution in [0.1, 0.15) is 39.0 Å². The van der Waals surface area contributed by atoms with Crippen LogP contribution < -0.4 is 0 Å². The number of hydrogen-bond acceptors (Lipinski definition) is 2. The van der Waals surface area contributed by atoms with Crippen LogP contribution in [0.25, 0.3) is 0 Å². The van der Waals surface area contributed by atoms with Gasteiger partial charge in [0, 0.05) is 5.88 Å². The molecule has 0 N–H and O–H groups in total. The van der Waals surface area contributed by atoms with E-state index in [1.165, 1.54) is 0 Å². The van der Waals surface area contributed by atoms with Gasteiger partial charge >= 0.3 is 5.97 Å². The van der Waals surface area contributed by atoms with Crippen LogP contribution in [-0.4, -0.2) is 23.8 Å². The van der Waals surface area contributed by atoms with Gasteiger partial charge in [-0.2, -0.15) is 0 Å². The van der Waals surface area contributed by atoms with Gasteiger partial charge in [0.15, 0.2) is 0 Å². The summed E-state index contributed by atoms with van der Waals surface area (Å²) >= 11 is 11.3. The number of esters is 1. The van der Waals surface area contributed by atoms with E-state index in [0.717, 1.165) is 25.7 Å². The summed E-state index contributed by atoms with van der Waals surface area (Å²) in [6.07, 6.45) is 4.34. The molecule has 0 aliphatic heterocycles. The average Bonchev–Trinajstić information content (AvgIpc) is 2.18. The number of unbranched alkanes of at least 4 members (excludes halogenated alkanes) is 2. The number of halogens is 2. The van der Waals surface area contributed by atoms with Crippen molar-refractivity contribution in [3.63, 3.8) is 0 Å². The highest BCUT2D eigenvalue weighted by atomic mass is 35.5. The van der Waals surface area contributed by atoms with Crippen LogP contribution in [0.4, 0.5) is 0 Å². The van der Waals surface area contributed by atoms with Crippen LogP contribution in [0.3, 0.4) is 0 Å². The molecule has 0 saturated carbocycles. The first-order valence-corrected chi connectivity index (χ1v) is 6.06. The van der Waals surface area contributed by atoms with Crippen LogP contribution in [0.15, 0.2) is 0 Å². The predicted octanol–water partition coefficient (Wildman–Crippen LogP) is 3.35. The Kier molecular flexibility index (Phi) is 9.63. The molecule has 84 valence electrons. The summed E-state index contributed by atoms with van der Waals surface area (Å²) in [5.41, 5.74) is 0. The maximum atomic E-state index is 11.2. The zero-order valence-corrected chi connectivity index (χ0v) is 10.1. The molecule has 14 heavy (non-hydrogen) atoms. The molecule has 0 saturated heterocycles. The Hall–Kier alpha value is 0.0500. The van der Waals surface area contributed by atoms with Gasteiger partial charge in [-0.3, -0.25) is 4.79 Å². The van der Waals surface area contributed by atoms with Crippen LogP contribution in [0.5, 0.6) is 0 Å². The summed E-state index contributed by atoms with van der Waals surface area (Å²) < 4.78 is 4.97. The van der Waals surface area contributed by atoms with Gasteiger partial charge in [-0.25, -0.2) is 0 Å².